The van der Waals surface area contributed by atoms with Crippen LogP contribution in [0.3, 0.4) is 0 Å². The largest absolute Gasteiger partial charge is 0.464 e. The smallest absolute Gasteiger partial charge is 0.311 e. The summed E-state index contributed by atoms with van der Waals surface area (Å²) in [6, 6.07) is -0.610. The molecule has 134 valence electrons. The van der Waals surface area contributed by atoms with Gasteiger partial charge in [-0.3, -0.25) is 9.59 Å². The maximum Gasteiger partial charge on any atom is 0.311 e. The zero-order valence-electron chi connectivity index (χ0n) is 14.8. The van der Waals surface area contributed by atoms with Gasteiger partial charge in [0.15, 0.2) is 0 Å². The summed E-state index contributed by atoms with van der Waals surface area (Å²) in [6.45, 7) is 10.5. The van der Waals surface area contributed by atoms with Crippen molar-refractivity contribution in [2.24, 2.45) is 10.8 Å². The van der Waals surface area contributed by atoms with Crippen LogP contribution < -0.4 is 5.32 Å². The van der Waals surface area contributed by atoms with E-state index in [1.165, 1.54) is 0 Å². The van der Waals surface area contributed by atoms with Gasteiger partial charge >= 0.3 is 11.9 Å². The second kappa shape index (κ2) is 7.15. The SMILES string of the molecule is CC(C)(C)C(=O)OC[C@H]1NC[C@@H](OC(=O)C(C)(C)C)[C@@H](O)[C@@H]1O. The van der Waals surface area contributed by atoms with Crippen molar-refractivity contribution >= 4 is 11.9 Å². The fraction of sp³-hybridized carbons (Fsp3) is 0.875. The molecule has 0 amide bonds. The number of ether oxygens (including phenoxy) is 2. The number of piperidine rings is 1. The van der Waals surface area contributed by atoms with Crippen LogP contribution in [0.15, 0.2) is 0 Å². The summed E-state index contributed by atoms with van der Waals surface area (Å²) in [5.41, 5.74) is -1.33. The van der Waals surface area contributed by atoms with Crippen molar-refractivity contribution in [3.05, 3.63) is 0 Å². The summed E-state index contributed by atoms with van der Waals surface area (Å²) in [7, 11) is 0. The van der Waals surface area contributed by atoms with E-state index in [1.54, 1.807) is 41.5 Å². The maximum atomic E-state index is 11.9. The molecule has 4 atom stereocenters. The monoisotopic (exact) mass is 331 g/mol. The van der Waals surface area contributed by atoms with Crippen LogP contribution in [0.5, 0.6) is 0 Å². The lowest BCUT2D eigenvalue weighted by Gasteiger charge is -2.38. The highest BCUT2D eigenvalue weighted by Gasteiger charge is 2.41. The summed E-state index contributed by atoms with van der Waals surface area (Å²) in [5.74, 6) is -0.838. The number of esters is 2. The normalized spacial score (nSPS) is 29.0. The Bertz CT molecular complexity index is 435. The van der Waals surface area contributed by atoms with Gasteiger partial charge in [-0.05, 0) is 41.5 Å². The van der Waals surface area contributed by atoms with Gasteiger partial charge in [-0.2, -0.15) is 0 Å². The molecule has 1 aliphatic heterocycles. The maximum absolute atomic E-state index is 11.9. The van der Waals surface area contributed by atoms with Crippen LogP contribution in [-0.4, -0.2) is 59.7 Å². The molecule has 0 aromatic heterocycles. The Morgan fingerprint density at radius 3 is 2.00 bits per heavy atom. The van der Waals surface area contributed by atoms with Gasteiger partial charge in [-0.25, -0.2) is 0 Å². The molecular formula is C16H29NO6. The Balaban J connectivity index is 2.57. The molecular weight excluding hydrogens is 302 g/mol. The molecule has 0 aromatic rings. The van der Waals surface area contributed by atoms with Crippen LogP contribution in [0, 0.1) is 10.8 Å². The van der Waals surface area contributed by atoms with E-state index in [9.17, 15) is 19.8 Å². The van der Waals surface area contributed by atoms with E-state index >= 15 is 0 Å². The summed E-state index contributed by atoms with van der Waals surface area (Å²) in [4.78, 5) is 23.6. The molecule has 1 saturated heterocycles. The second-order valence-electron chi connectivity index (χ2n) is 8.04. The first-order chi connectivity index (χ1) is 10.3. The molecule has 0 bridgehead atoms. The van der Waals surface area contributed by atoms with Gasteiger partial charge in [-0.1, -0.05) is 0 Å². The standard InChI is InChI=1S/C16H29NO6/c1-15(2,3)13(20)22-8-9-11(18)12(19)10(7-17-9)23-14(21)16(4,5)6/h9-12,17-19H,7-8H2,1-6H3/t9-,10-,11-,12-/m1/s1. The Hall–Kier alpha value is -1.18. The molecule has 7 heteroatoms. The lowest BCUT2D eigenvalue weighted by molar-refractivity contribution is -0.176. The minimum absolute atomic E-state index is 0.0612. The van der Waals surface area contributed by atoms with Crippen LogP contribution >= 0.6 is 0 Å². The number of carbonyl (C=O) groups is 2. The third kappa shape index (κ3) is 5.44. The predicted octanol–water partition coefficient (Wildman–Crippen LogP) is 0.227. The third-order valence-electron chi connectivity index (χ3n) is 3.60. The van der Waals surface area contributed by atoms with E-state index in [2.05, 4.69) is 5.32 Å². The molecule has 1 heterocycles. The van der Waals surface area contributed by atoms with Gasteiger partial charge in [0, 0.05) is 6.54 Å². The first kappa shape index (κ1) is 19.9. The Morgan fingerprint density at radius 2 is 1.52 bits per heavy atom. The van der Waals surface area contributed by atoms with E-state index in [0.717, 1.165) is 0 Å². The fourth-order valence-electron chi connectivity index (χ4n) is 1.93. The Morgan fingerprint density at radius 1 is 1.00 bits per heavy atom. The van der Waals surface area contributed by atoms with E-state index in [4.69, 9.17) is 9.47 Å². The molecule has 0 aromatic carbocycles. The summed E-state index contributed by atoms with van der Waals surface area (Å²) in [6.07, 6.45) is -3.28. The first-order valence-corrected chi connectivity index (χ1v) is 7.82. The highest BCUT2D eigenvalue weighted by atomic mass is 16.6. The van der Waals surface area contributed by atoms with E-state index < -0.39 is 41.2 Å². The molecule has 3 N–H and O–H groups in total. The lowest BCUT2D eigenvalue weighted by atomic mass is 9.94. The average Bonchev–Trinajstić information content (AvgIpc) is 2.40. The van der Waals surface area contributed by atoms with E-state index in [-0.39, 0.29) is 19.1 Å². The Labute approximate surface area is 137 Å². The predicted molar refractivity (Wildman–Crippen MR) is 83.6 cm³/mol. The van der Waals surface area contributed by atoms with Gasteiger partial charge < -0.3 is 25.0 Å². The quantitative estimate of drug-likeness (QED) is 0.636. The molecule has 0 saturated carbocycles. The minimum Gasteiger partial charge on any atom is -0.464 e. The molecule has 0 spiro atoms. The second-order valence-corrected chi connectivity index (χ2v) is 8.04. The zero-order valence-corrected chi connectivity index (χ0v) is 14.8. The van der Waals surface area contributed by atoms with Crippen LogP contribution in [0.4, 0.5) is 0 Å². The molecule has 0 unspecified atom stereocenters. The van der Waals surface area contributed by atoms with Gasteiger partial charge in [-0.15, -0.1) is 0 Å². The van der Waals surface area contributed by atoms with Crippen molar-refractivity contribution in [1.29, 1.82) is 0 Å². The summed E-state index contributed by atoms with van der Waals surface area (Å²) >= 11 is 0. The molecule has 0 radical (unpaired) electrons. The zero-order chi connectivity index (χ0) is 18.0. The first-order valence-electron chi connectivity index (χ1n) is 7.82. The van der Waals surface area contributed by atoms with Gasteiger partial charge in [0.2, 0.25) is 0 Å². The van der Waals surface area contributed by atoms with Gasteiger partial charge in [0.25, 0.3) is 0 Å². The number of nitrogens with one attached hydrogen (secondary N) is 1. The number of aliphatic hydroxyl groups excluding tert-OH is 2. The molecule has 7 nitrogen and oxygen atoms in total. The van der Waals surface area contributed by atoms with Crippen LogP contribution in [0.2, 0.25) is 0 Å². The van der Waals surface area contributed by atoms with Crippen molar-refractivity contribution in [3.8, 4) is 0 Å². The Kier molecular flexibility index (Phi) is 6.18. The number of aliphatic hydroxyl groups is 2. The number of carbonyl (C=O) groups excluding carboxylic acids is 2. The number of rotatable bonds is 3. The molecule has 1 fully saturated rings. The third-order valence-corrected chi connectivity index (χ3v) is 3.60. The average molecular weight is 331 g/mol. The van der Waals surface area contributed by atoms with Crippen molar-refractivity contribution in [2.45, 2.75) is 65.9 Å². The van der Waals surface area contributed by atoms with Gasteiger partial charge in [0.1, 0.15) is 24.9 Å². The summed E-state index contributed by atoms with van der Waals surface area (Å²) < 4.78 is 10.4. The molecule has 1 rings (SSSR count). The lowest BCUT2D eigenvalue weighted by Crippen LogP contribution is -2.62. The highest BCUT2D eigenvalue weighted by molar-refractivity contribution is 5.76. The van der Waals surface area contributed by atoms with Crippen LogP contribution in [0.25, 0.3) is 0 Å². The molecule has 1 aliphatic rings. The van der Waals surface area contributed by atoms with Crippen molar-refractivity contribution < 1.29 is 29.3 Å². The van der Waals surface area contributed by atoms with E-state index in [0.29, 0.717) is 0 Å². The van der Waals surface area contributed by atoms with Crippen LogP contribution in [-0.2, 0) is 19.1 Å². The van der Waals surface area contributed by atoms with Crippen molar-refractivity contribution in [2.75, 3.05) is 13.2 Å². The topological polar surface area (TPSA) is 105 Å². The number of hydrogen-bond acceptors (Lipinski definition) is 7. The molecule has 23 heavy (non-hydrogen) atoms. The van der Waals surface area contributed by atoms with Crippen molar-refractivity contribution in [3.63, 3.8) is 0 Å². The van der Waals surface area contributed by atoms with Crippen LogP contribution in [0.1, 0.15) is 41.5 Å². The molecule has 0 aliphatic carbocycles. The van der Waals surface area contributed by atoms with E-state index in [1.807, 2.05) is 0 Å². The van der Waals surface area contributed by atoms with Gasteiger partial charge in [0.05, 0.1) is 16.9 Å². The summed E-state index contributed by atoms with van der Waals surface area (Å²) in [5, 5.41) is 23.2. The number of hydrogen-bond donors (Lipinski definition) is 3. The van der Waals surface area contributed by atoms with Crippen molar-refractivity contribution in [1.82, 2.24) is 5.32 Å². The highest BCUT2D eigenvalue weighted by Crippen LogP contribution is 2.21. The fourth-order valence-corrected chi connectivity index (χ4v) is 1.93. The minimum atomic E-state index is -1.24.